The smallest absolute Gasteiger partial charge is 0.419 e. The number of halogens is 30. The van der Waals surface area contributed by atoms with Gasteiger partial charge in [0.2, 0.25) is 0 Å². The maximum absolute atomic E-state index is 16.5. The molecule has 0 bridgehead atoms. The van der Waals surface area contributed by atoms with Crippen molar-refractivity contribution in [2.24, 2.45) is 0 Å². The molecule has 0 amide bonds. The van der Waals surface area contributed by atoms with Crippen LogP contribution in [0.15, 0.2) is 267 Å². The summed E-state index contributed by atoms with van der Waals surface area (Å²) >= 11 is 0. The minimum absolute atomic E-state index is 0.0459. The molecule has 0 saturated heterocycles. The Morgan fingerprint density at radius 3 is 0.664 bits per heavy atom. The van der Waals surface area contributed by atoms with Crippen LogP contribution in [-0.2, 0) is 77.4 Å². The topological polar surface area (TPSA) is 41.5 Å². The molecule has 592 valence electrons. The van der Waals surface area contributed by atoms with Crippen LogP contribution in [0.3, 0.4) is 0 Å². The molecule has 0 aliphatic carbocycles. The van der Waals surface area contributed by atoms with Crippen LogP contribution in [0.4, 0.5) is 132 Å². The van der Waals surface area contributed by atoms with Crippen LogP contribution in [0, 0.1) is 0 Å². The fraction of sp³-hybridized carbons (Fsp3) is 0.154. The molecule has 0 unspecified atom stereocenters. The average Bonchev–Trinajstić information content (AvgIpc) is 0.682. The maximum Gasteiger partial charge on any atom is 0.419 e. The van der Waals surface area contributed by atoms with Crippen molar-refractivity contribution in [2.75, 3.05) is 0 Å². The second kappa shape index (κ2) is 30.6. The summed E-state index contributed by atoms with van der Waals surface area (Å²) in [7, 11) is -2.51. The van der Waals surface area contributed by atoms with E-state index in [1.165, 1.54) is 18.2 Å². The first kappa shape index (κ1) is 84.6. The lowest BCUT2D eigenvalue weighted by Gasteiger charge is -2.51. The van der Waals surface area contributed by atoms with Crippen LogP contribution >= 0.6 is 0 Å². The predicted octanol–water partition coefficient (Wildman–Crippen LogP) is 22.1. The zero-order valence-electron chi connectivity index (χ0n) is 56.1. The molecule has 0 atom stereocenters. The summed E-state index contributed by atoms with van der Waals surface area (Å²) in [6.07, 6.45) is -66.5. The van der Waals surface area contributed by atoms with Crippen molar-refractivity contribution in [1.29, 1.82) is 0 Å². The molecule has 113 heavy (non-hydrogen) atoms. The van der Waals surface area contributed by atoms with E-state index < -0.39 is 258 Å². The third-order valence-corrected chi connectivity index (χ3v) is 18.2. The van der Waals surface area contributed by atoms with Crippen molar-refractivity contribution in [3.05, 3.63) is 361 Å². The van der Waals surface area contributed by atoms with Gasteiger partial charge in [-0.15, -0.1) is 0 Å². The minimum Gasteiger partial charge on any atom is -0.820 e. The van der Waals surface area contributed by atoms with Gasteiger partial charge in [0, 0.05) is 0 Å². The lowest BCUT2D eigenvalue weighted by Crippen LogP contribution is -2.77. The van der Waals surface area contributed by atoms with Crippen molar-refractivity contribution in [2.45, 2.75) is 72.8 Å². The zero-order chi connectivity index (χ0) is 83.3. The van der Waals surface area contributed by atoms with Gasteiger partial charge >= 0.3 is 69.1 Å². The monoisotopic (exact) mass is 1620 g/mol. The largest absolute Gasteiger partial charge is 0.820 e. The number of alkyl halides is 30. The van der Waals surface area contributed by atoms with Gasteiger partial charge in [-0.1, -0.05) is 230 Å². The minimum atomic E-state index is -6.39. The van der Waals surface area contributed by atoms with Gasteiger partial charge < -0.3 is 14.3 Å². The van der Waals surface area contributed by atoms with Gasteiger partial charge in [0.05, 0.1) is 61.0 Å². The summed E-state index contributed by atoms with van der Waals surface area (Å²) in [5.41, 5.74) is -40.9. The molecule has 0 N–H and O–H groups in total. The van der Waals surface area contributed by atoms with Gasteiger partial charge in [0.15, 0.2) is 0 Å². The summed E-state index contributed by atoms with van der Waals surface area (Å²) < 4.78 is 459. The molecular formula is C78H44B2F30O3-2. The molecule has 0 aromatic heterocycles. The quantitative estimate of drug-likeness (QED) is 0.0583. The molecule has 0 radical (unpaired) electrons. The van der Waals surface area contributed by atoms with Crippen LogP contribution in [0.5, 0.6) is 5.75 Å². The third-order valence-electron chi connectivity index (χ3n) is 18.2. The Hall–Kier alpha value is -10.8. The summed E-state index contributed by atoms with van der Waals surface area (Å²) in [5.74, 6) is -0.926. The molecule has 11 rings (SSSR count). The molecule has 0 saturated carbocycles. The van der Waals surface area contributed by atoms with Gasteiger partial charge in [0.25, 0.3) is 0 Å². The Balaban J connectivity index is 0.000000304. The highest BCUT2D eigenvalue weighted by Gasteiger charge is 2.54. The van der Waals surface area contributed by atoms with Gasteiger partial charge in [0.1, 0.15) is 17.5 Å². The van der Waals surface area contributed by atoms with Gasteiger partial charge in [-0.3, -0.25) is 0 Å². The molecule has 3 nitrogen and oxygen atoms in total. The third kappa shape index (κ3) is 17.8. The first-order valence-corrected chi connectivity index (χ1v) is 32.2. The van der Waals surface area contributed by atoms with Crippen LogP contribution in [0.2, 0.25) is 0 Å². The molecule has 0 fully saturated rings. The molecule has 11 aromatic rings. The standard InChI is InChI=1S/C51H26BF24.C27H18BF6O3/c53-44(54,55)30-16-31(45(56,57)58)20-37(19-30)52(38-21-32(46(59,60)61)17-33(22-38)47(62,63)64,39-23-34(48(65,66)67)18-35(24-39)49(68,69)70)41-26-36(50(71,72)73)25-40(51(74,75)76)42(41)43(27-10-4-1-5-11-27,28-12-6-2-7-13-28)29-14-8-3-9-15-29;29-26(30,31)22-16-23(27(32,33)34)18-24(17-22)36-28(35)37-25(19-10-4-1-5-11-19,20-12-6-2-7-13-20)21-14-8-3-9-15-21/h1-26H;1-18H/q2*-1. The predicted molar refractivity (Wildman–Crippen MR) is 352 cm³/mol. The fourth-order valence-corrected chi connectivity index (χ4v) is 13.6. The van der Waals surface area contributed by atoms with Crippen molar-refractivity contribution >= 4 is 35.3 Å². The number of hydrogen-bond acceptors (Lipinski definition) is 3. The first-order valence-electron chi connectivity index (χ1n) is 32.2. The fourth-order valence-electron chi connectivity index (χ4n) is 13.6. The summed E-state index contributed by atoms with van der Waals surface area (Å²) in [6.45, 7) is 0. The lowest BCUT2D eigenvalue weighted by molar-refractivity contribution is -0.253. The highest BCUT2D eigenvalue weighted by atomic mass is 19.4. The Morgan fingerprint density at radius 1 is 0.230 bits per heavy atom. The number of benzene rings is 11. The van der Waals surface area contributed by atoms with E-state index in [4.69, 9.17) is 9.31 Å². The van der Waals surface area contributed by atoms with E-state index in [1.54, 1.807) is 91.0 Å². The van der Waals surface area contributed by atoms with E-state index in [9.17, 15) is 31.4 Å². The highest BCUT2D eigenvalue weighted by Crippen LogP contribution is 2.52. The molecule has 35 heteroatoms. The Bertz CT molecular complexity index is 4630. The number of hydrogen-bond donors (Lipinski definition) is 0. The Labute approximate surface area is 619 Å². The summed E-state index contributed by atoms with van der Waals surface area (Å²) in [6, 6.07) is 34.3. The lowest BCUT2D eigenvalue weighted by atomic mass is 9.12. The molecule has 0 spiro atoms. The Kier molecular flexibility index (Phi) is 22.9. The molecule has 0 aliphatic rings. The van der Waals surface area contributed by atoms with Crippen LogP contribution in [0.25, 0.3) is 0 Å². The second-order valence-corrected chi connectivity index (χ2v) is 25.3. The average molecular weight is 1620 g/mol. The van der Waals surface area contributed by atoms with Crippen LogP contribution < -0.4 is 31.5 Å². The van der Waals surface area contributed by atoms with Crippen molar-refractivity contribution < 1.29 is 146 Å². The summed E-state index contributed by atoms with van der Waals surface area (Å²) in [4.78, 5) is 0. The molecular weight excluding hydrogens is 1580 g/mol. The van der Waals surface area contributed by atoms with Gasteiger partial charge in [-0.25, -0.2) is 0 Å². The first-order chi connectivity index (χ1) is 52.2. The van der Waals surface area contributed by atoms with E-state index in [0.717, 1.165) is 72.8 Å². The zero-order valence-corrected chi connectivity index (χ0v) is 56.1. The Morgan fingerprint density at radius 2 is 0.442 bits per heavy atom. The van der Waals surface area contributed by atoms with E-state index in [2.05, 4.69) is 0 Å². The normalized spacial score (nSPS) is 13.3. The second-order valence-electron chi connectivity index (χ2n) is 25.3. The molecule has 11 aromatic carbocycles. The van der Waals surface area contributed by atoms with Crippen molar-refractivity contribution in [3.8, 4) is 5.75 Å². The van der Waals surface area contributed by atoms with Crippen LogP contribution in [-0.4, -0.2) is 13.5 Å². The van der Waals surface area contributed by atoms with Crippen molar-refractivity contribution in [3.63, 3.8) is 0 Å². The van der Waals surface area contributed by atoms with Gasteiger partial charge in [-0.2, -0.15) is 154 Å². The van der Waals surface area contributed by atoms with E-state index in [-0.39, 0.29) is 6.07 Å². The summed E-state index contributed by atoms with van der Waals surface area (Å²) in [5, 5.41) is 13.1. The highest BCUT2D eigenvalue weighted by molar-refractivity contribution is 7.20. The SMILES string of the molecule is FC(F)(F)c1cc([B-](c2cc(C(F)(F)F)cc(C(F)(F)F)c2)(c2cc(C(F)(F)F)cc(C(F)(F)F)c2)c2cc(C(F)(F)F)cc(C(F)(F)F)c2C(c2ccccc2)(c2ccccc2)c2ccccc2)cc(C(F)(F)F)c1.[O-]B(Oc1cc(C(F)(F)F)cc(C(F)(F)F)c1)OC(c1ccccc1)(c1ccccc1)c1ccccc1. The van der Waals surface area contributed by atoms with Crippen molar-refractivity contribution in [1.82, 2.24) is 0 Å². The maximum atomic E-state index is 16.5. The van der Waals surface area contributed by atoms with E-state index >= 15 is 105 Å². The van der Waals surface area contributed by atoms with Gasteiger partial charge in [-0.05, 0) is 75.8 Å². The molecule has 0 heterocycles. The molecule has 0 aliphatic heterocycles. The van der Waals surface area contributed by atoms with Crippen LogP contribution in [0.1, 0.15) is 94.6 Å². The van der Waals surface area contributed by atoms with E-state index in [0.29, 0.717) is 28.8 Å². The number of rotatable bonds is 15. The van der Waals surface area contributed by atoms with E-state index in [1.807, 2.05) is 0 Å².